The summed E-state index contributed by atoms with van der Waals surface area (Å²) in [6.45, 7) is 0.755. The highest BCUT2D eigenvalue weighted by Gasteiger charge is 2.97. The van der Waals surface area contributed by atoms with E-state index in [0.717, 1.165) is 4.88 Å². The number of rotatable bonds is 1. The third-order valence-corrected chi connectivity index (χ3v) is 5.46. The number of ether oxygens (including phenoxy) is 2. The van der Waals surface area contributed by atoms with E-state index in [4.69, 9.17) is 15.2 Å². The number of amidine groups is 1. The van der Waals surface area contributed by atoms with E-state index in [2.05, 4.69) is 17.1 Å². The Kier molecular flexibility index (Phi) is 2.01. The first kappa shape index (κ1) is 11.9. The summed E-state index contributed by atoms with van der Waals surface area (Å²) in [7, 11) is 0. The number of nitriles is 2. The van der Waals surface area contributed by atoms with Gasteiger partial charge in [0.1, 0.15) is 0 Å². The van der Waals surface area contributed by atoms with Gasteiger partial charge < -0.3 is 9.47 Å². The Bertz CT molecular complexity index is 695. The van der Waals surface area contributed by atoms with Gasteiger partial charge >= 0.3 is 5.91 Å². The first-order valence-electron chi connectivity index (χ1n) is 6.23. The van der Waals surface area contributed by atoms with Crippen molar-refractivity contribution in [3.63, 3.8) is 0 Å². The van der Waals surface area contributed by atoms with Gasteiger partial charge in [-0.1, -0.05) is 6.07 Å². The molecule has 1 aromatic heterocycles. The number of nitrogens with two attached hydrogens (primary N) is 1. The van der Waals surface area contributed by atoms with Gasteiger partial charge in [0.2, 0.25) is 0 Å². The smallest absolute Gasteiger partial charge is 0.311 e. The Labute approximate surface area is 119 Å². The predicted molar refractivity (Wildman–Crippen MR) is 67.9 cm³/mol. The van der Waals surface area contributed by atoms with Crippen molar-refractivity contribution in [1.29, 1.82) is 10.5 Å². The van der Waals surface area contributed by atoms with Gasteiger partial charge in [-0.25, -0.2) is 4.99 Å². The molecular weight excluding hydrogens is 276 g/mol. The first-order valence-corrected chi connectivity index (χ1v) is 7.11. The van der Waals surface area contributed by atoms with Crippen molar-refractivity contribution in [3.05, 3.63) is 22.4 Å². The fraction of sp³-hybridized carbons (Fsp3) is 0.462. The third-order valence-electron chi connectivity index (χ3n) is 4.52. The number of hydrogen-bond donors (Lipinski definition) is 2. The van der Waals surface area contributed by atoms with Gasteiger partial charge in [0.05, 0.1) is 31.3 Å². The lowest BCUT2D eigenvalue weighted by Gasteiger charge is -2.22. The molecule has 0 unspecified atom stereocenters. The number of nitrogens with zero attached hydrogens (tertiary/aromatic N) is 2. The molecule has 4 rings (SSSR count). The summed E-state index contributed by atoms with van der Waals surface area (Å²) < 4.78 is 11.3. The molecule has 0 amide bonds. The lowest BCUT2D eigenvalue weighted by molar-refractivity contribution is -0.676. The normalized spacial score (nSPS) is 39.9. The molecule has 1 saturated heterocycles. The molecule has 0 aromatic carbocycles. The summed E-state index contributed by atoms with van der Waals surface area (Å²) in [5.74, 6) is -1.35. The monoisotopic (exact) mass is 287 g/mol. The average molecular weight is 287 g/mol. The Balaban J connectivity index is 1.96. The average Bonchev–Trinajstić information content (AvgIpc) is 2.93. The molecule has 3 aliphatic rings. The van der Waals surface area contributed by atoms with E-state index in [0.29, 0.717) is 13.2 Å². The highest BCUT2D eigenvalue weighted by molar-refractivity contribution is 7.10. The highest BCUT2D eigenvalue weighted by atomic mass is 32.1. The van der Waals surface area contributed by atoms with Crippen molar-refractivity contribution in [2.24, 2.45) is 16.6 Å². The second kappa shape index (κ2) is 3.39. The van der Waals surface area contributed by atoms with Crippen LogP contribution in [0.3, 0.4) is 0 Å². The topological polar surface area (TPSA) is 106 Å². The lowest BCUT2D eigenvalue weighted by Crippen LogP contribution is -2.89. The van der Waals surface area contributed by atoms with Crippen LogP contribution in [-0.2, 0) is 9.47 Å². The van der Waals surface area contributed by atoms with Crippen LogP contribution in [0.15, 0.2) is 17.5 Å². The molecular formula is C13H11N4O2S+. The van der Waals surface area contributed by atoms with Gasteiger partial charge in [0.25, 0.3) is 5.84 Å². The van der Waals surface area contributed by atoms with Gasteiger partial charge in [-0.3, -0.25) is 5.73 Å². The maximum absolute atomic E-state index is 9.81. The molecule has 1 aliphatic carbocycles. The minimum absolute atomic E-state index is 0.266. The van der Waals surface area contributed by atoms with Crippen LogP contribution in [-0.4, -0.2) is 25.0 Å². The number of hydrogen-bond acceptors (Lipinski definition) is 6. The van der Waals surface area contributed by atoms with E-state index in [1.807, 2.05) is 17.5 Å². The molecule has 3 atom stereocenters. The number of fused-ring (bicyclic) bond motifs is 2. The molecule has 3 heterocycles. The van der Waals surface area contributed by atoms with Crippen molar-refractivity contribution in [2.75, 3.05) is 13.2 Å². The second-order valence-electron chi connectivity index (χ2n) is 5.14. The molecule has 7 heteroatoms. The maximum atomic E-state index is 9.81. The molecule has 3 N–H and O–H groups in total. The standard InChI is InChI=1S/C13H10N4O2S/c14-6-11-9(8-2-1-5-20-8)12(11,7-15)13(17-10(11)16)18-3-4-19-13/h1-2,5,9H,3-4H2,(H2,16,17)/p+1/t9-,11-,12-/m1/s1. The summed E-state index contributed by atoms with van der Waals surface area (Å²) in [5.41, 5.74) is 3.84. The maximum Gasteiger partial charge on any atom is 0.343 e. The minimum atomic E-state index is -1.30. The van der Waals surface area contributed by atoms with Gasteiger partial charge in [-0.05, 0) is 11.4 Å². The fourth-order valence-electron chi connectivity index (χ4n) is 3.70. The van der Waals surface area contributed by atoms with Crippen LogP contribution in [0.5, 0.6) is 0 Å². The molecule has 6 nitrogen and oxygen atoms in total. The highest BCUT2D eigenvalue weighted by Crippen LogP contribution is 2.79. The lowest BCUT2D eigenvalue weighted by atomic mass is 9.94. The van der Waals surface area contributed by atoms with Crippen LogP contribution in [0.2, 0.25) is 0 Å². The molecule has 2 fully saturated rings. The quantitative estimate of drug-likeness (QED) is 0.690. The molecule has 0 radical (unpaired) electrons. The molecule has 1 aromatic rings. The SMILES string of the molecule is N#C[C@@]12C(N)=[NH+]C3(OCCO3)[C@]1(C#N)[C@@H]2c1cccs1. The Morgan fingerprint density at radius 1 is 1.35 bits per heavy atom. The van der Waals surface area contributed by atoms with Crippen LogP contribution in [0, 0.1) is 33.5 Å². The van der Waals surface area contributed by atoms with Crippen LogP contribution in [0.1, 0.15) is 10.8 Å². The van der Waals surface area contributed by atoms with E-state index < -0.39 is 16.7 Å². The van der Waals surface area contributed by atoms with Crippen molar-refractivity contribution >= 4 is 17.2 Å². The summed E-state index contributed by atoms with van der Waals surface area (Å²) in [5, 5.41) is 21.4. The molecule has 20 heavy (non-hydrogen) atoms. The van der Waals surface area contributed by atoms with E-state index in [1.165, 1.54) is 11.3 Å². The molecule has 1 saturated carbocycles. The number of nitrogens with one attached hydrogen (secondary N) is 1. The Morgan fingerprint density at radius 2 is 2.10 bits per heavy atom. The Morgan fingerprint density at radius 3 is 2.65 bits per heavy atom. The van der Waals surface area contributed by atoms with Crippen molar-refractivity contribution in [2.45, 2.75) is 11.8 Å². The summed E-state index contributed by atoms with van der Waals surface area (Å²) in [4.78, 5) is 3.87. The van der Waals surface area contributed by atoms with E-state index in [1.54, 1.807) is 0 Å². The molecule has 0 bridgehead atoms. The predicted octanol–water partition coefficient (Wildman–Crippen LogP) is -0.983. The zero-order valence-corrected chi connectivity index (χ0v) is 11.2. The summed E-state index contributed by atoms with van der Waals surface area (Å²) >= 11 is 1.51. The molecule has 2 aliphatic heterocycles. The van der Waals surface area contributed by atoms with Crippen LogP contribution >= 0.6 is 11.3 Å². The van der Waals surface area contributed by atoms with Crippen molar-refractivity contribution in [3.8, 4) is 12.1 Å². The Hall–Kier alpha value is -1.93. The van der Waals surface area contributed by atoms with E-state index >= 15 is 0 Å². The second-order valence-corrected chi connectivity index (χ2v) is 6.12. The van der Waals surface area contributed by atoms with Crippen LogP contribution < -0.4 is 10.7 Å². The van der Waals surface area contributed by atoms with Crippen molar-refractivity contribution in [1.82, 2.24) is 0 Å². The summed E-state index contributed by atoms with van der Waals surface area (Å²) in [6, 6.07) is 8.34. The van der Waals surface area contributed by atoms with Crippen molar-refractivity contribution < 1.29 is 14.5 Å². The third kappa shape index (κ3) is 0.917. The van der Waals surface area contributed by atoms with Gasteiger partial charge in [-0.15, -0.1) is 11.3 Å². The van der Waals surface area contributed by atoms with Gasteiger partial charge in [-0.2, -0.15) is 10.5 Å². The summed E-state index contributed by atoms with van der Waals surface area (Å²) in [6.07, 6.45) is 0. The largest absolute Gasteiger partial charge is 0.343 e. The fourth-order valence-corrected chi connectivity index (χ4v) is 4.66. The molecule has 1 spiro atoms. The van der Waals surface area contributed by atoms with Crippen LogP contribution in [0.4, 0.5) is 0 Å². The zero-order chi connectivity index (χ0) is 14.0. The first-order chi connectivity index (χ1) is 9.68. The molecule has 100 valence electrons. The van der Waals surface area contributed by atoms with E-state index in [9.17, 15) is 10.5 Å². The zero-order valence-electron chi connectivity index (χ0n) is 10.4. The number of thiophene rings is 1. The van der Waals surface area contributed by atoms with Gasteiger partial charge in [0, 0.05) is 4.88 Å². The minimum Gasteiger partial charge on any atom is -0.311 e. The van der Waals surface area contributed by atoms with Gasteiger partial charge in [0.15, 0.2) is 10.8 Å². The van der Waals surface area contributed by atoms with E-state index in [-0.39, 0.29) is 11.8 Å². The van der Waals surface area contributed by atoms with Crippen LogP contribution in [0.25, 0.3) is 0 Å².